The van der Waals surface area contributed by atoms with E-state index in [0.29, 0.717) is 18.0 Å². The first-order valence-corrected chi connectivity index (χ1v) is 8.06. The lowest BCUT2D eigenvalue weighted by molar-refractivity contribution is -0.120. The zero-order valence-corrected chi connectivity index (χ0v) is 14.6. The van der Waals surface area contributed by atoms with Crippen molar-refractivity contribution < 1.29 is 4.79 Å². The van der Waals surface area contributed by atoms with Crippen molar-refractivity contribution in [3.63, 3.8) is 0 Å². The van der Waals surface area contributed by atoms with E-state index in [0.717, 1.165) is 35.5 Å². The maximum absolute atomic E-state index is 12.2. The Morgan fingerprint density at radius 1 is 1.30 bits per heavy atom. The number of aryl methyl sites for hydroxylation is 1. The Labute approximate surface area is 142 Å². The highest BCUT2D eigenvalue weighted by Gasteiger charge is 2.15. The Morgan fingerprint density at radius 2 is 2.00 bits per heavy atom. The lowest BCUT2D eigenvalue weighted by Crippen LogP contribution is -2.28. The molecule has 0 aliphatic heterocycles. The van der Waals surface area contributed by atoms with Gasteiger partial charge in [-0.25, -0.2) is 0 Å². The second-order valence-electron chi connectivity index (χ2n) is 5.87. The zero-order chi connectivity index (χ0) is 16.8. The van der Waals surface area contributed by atoms with Crippen LogP contribution in [-0.2, 0) is 11.2 Å². The fourth-order valence-corrected chi connectivity index (χ4v) is 2.49. The van der Waals surface area contributed by atoms with Crippen LogP contribution in [0.1, 0.15) is 17.7 Å². The summed E-state index contributed by atoms with van der Waals surface area (Å²) >= 11 is 5.93. The van der Waals surface area contributed by atoms with Crippen LogP contribution in [-0.4, -0.2) is 48.2 Å². The summed E-state index contributed by atoms with van der Waals surface area (Å²) in [5, 5.41) is 10.9. The van der Waals surface area contributed by atoms with Gasteiger partial charge in [0.25, 0.3) is 0 Å². The summed E-state index contributed by atoms with van der Waals surface area (Å²) < 4.78 is 0. The summed E-state index contributed by atoms with van der Waals surface area (Å²) in [6, 6.07) is 7.48. The molecule has 23 heavy (non-hydrogen) atoms. The monoisotopic (exact) mass is 334 g/mol. The first-order chi connectivity index (χ1) is 11.0. The third-order valence-corrected chi connectivity index (χ3v) is 3.89. The van der Waals surface area contributed by atoms with Crippen LogP contribution < -0.4 is 5.32 Å². The molecule has 0 saturated heterocycles. The Kier molecular flexibility index (Phi) is 6.19. The van der Waals surface area contributed by atoms with Crippen molar-refractivity contribution >= 4 is 17.5 Å². The molecule has 1 heterocycles. The van der Waals surface area contributed by atoms with Crippen LogP contribution in [0.25, 0.3) is 11.3 Å². The van der Waals surface area contributed by atoms with Crippen LogP contribution >= 0.6 is 11.6 Å². The predicted molar refractivity (Wildman–Crippen MR) is 93.7 cm³/mol. The zero-order valence-electron chi connectivity index (χ0n) is 13.8. The van der Waals surface area contributed by atoms with Crippen LogP contribution in [0.4, 0.5) is 0 Å². The number of rotatable bonds is 7. The second kappa shape index (κ2) is 8.13. The average Bonchev–Trinajstić information content (AvgIpc) is 2.86. The number of hydrogen-bond donors (Lipinski definition) is 2. The molecule has 2 aromatic rings. The van der Waals surface area contributed by atoms with Crippen molar-refractivity contribution in [3.05, 3.63) is 40.5 Å². The maximum Gasteiger partial charge on any atom is 0.224 e. The number of aromatic nitrogens is 2. The molecule has 0 saturated carbocycles. The molecule has 5 nitrogen and oxygen atoms in total. The van der Waals surface area contributed by atoms with Gasteiger partial charge < -0.3 is 10.2 Å². The van der Waals surface area contributed by atoms with Gasteiger partial charge in [-0.1, -0.05) is 23.7 Å². The molecule has 0 bridgehead atoms. The van der Waals surface area contributed by atoms with Crippen molar-refractivity contribution in [2.75, 3.05) is 27.2 Å². The third kappa shape index (κ3) is 5.08. The fraction of sp³-hybridized carbons (Fsp3) is 0.412. The molecule has 124 valence electrons. The van der Waals surface area contributed by atoms with Crippen molar-refractivity contribution in [1.82, 2.24) is 20.4 Å². The van der Waals surface area contributed by atoms with Gasteiger partial charge in [-0.2, -0.15) is 5.10 Å². The van der Waals surface area contributed by atoms with E-state index in [1.807, 2.05) is 45.3 Å². The van der Waals surface area contributed by atoms with E-state index in [-0.39, 0.29) is 5.91 Å². The molecule has 2 rings (SSSR count). The van der Waals surface area contributed by atoms with E-state index >= 15 is 0 Å². The topological polar surface area (TPSA) is 61.0 Å². The van der Waals surface area contributed by atoms with E-state index in [1.165, 1.54) is 0 Å². The first kappa shape index (κ1) is 17.5. The Hall–Kier alpha value is -1.85. The highest BCUT2D eigenvalue weighted by molar-refractivity contribution is 6.30. The van der Waals surface area contributed by atoms with Crippen molar-refractivity contribution in [1.29, 1.82) is 0 Å². The molecule has 0 aliphatic rings. The van der Waals surface area contributed by atoms with E-state index in [1.54, 1.807) is 0 Å². The minimum atomic E-state index is 0.0171. The summed E-state index contributed by atoms with van der Waals surface area (Å²) in [5.74, 6) is 0.0171. The summed E-state index contributed by atoms with van der Waals surface area (Å²) in [6.07, 6.45) is 1.26. The van der Waals surface area contributed by atoms with Gasteiger partial charge in [0, 0.05) is 28.4 Å². The average molecular weight is 335 g/mol. The van der Waals surface area contributed by atoms with Crippen LogP contribution in [0.2, 0.25) is 5.02 Å². The van der Waals surface area contributed by atoms with E-state index in [9.17, 15) is 4.79 Å². The van der Waals surface area contributed by atoms with Gasteiger partial charge in [0.05, 0.1) is 12.1 Å². The van der Waals surface area contributed by atoms with Crippen molar-refractivity contribution in [2.24, 2.45) is 0 Å². The standard InChI is InChI=1S/C17H23ClN4O/c1-12-15(11-16(23)19-9-4-10-22(2)3)17(21-20-12)13-5-7-14(18)8-6-13/h5-8H,4,9-11H2,1-3H3,(H,19,23)(H,20,21). The van der Waals surface area contributed by atoms with Gasteiger partial charge >= 0.3 is 0 Å². The van der Waals surface area contributed by atoms with Gasteiger partial charge in [-0.3, -0.25) is 9.89 Å². The molecule has 0 radical (unpaired) electrons. The van der Waals surface area contributed by atoms with Crippen molar-refractivity contribution in [2.45, 2.75) is 19.8 Å². The fourth-order valence-electron chi connectivity index (χ4n) is 2.36. The first-order valence-electron chi connectivity index (χ1n) is 7.68. The van der Waals surface area contributed by atoms with Gasteiger partial charge in [-0.05, 0) is 46.1 Å². The molecule has 1 aromatic carbocycles. The number of nitrogens with zero attached hydrogens (tertiary/aromatic N) is 2. The summed E-state index contributed by atoms with van der Waals surface area (Å²) in [7, 11) is 4.05. The molecular formula is C17H23ClN4O. The normalized spacial score (nSPS) is 11.0. The SMILES string of the molecule is Cc1[nH]nc(-c2ccc(Cl)cc2)c1CC(=O)NCCCN(C)C. The van der Waals surface area contributed by atoms with E-state index in [2.05, 4.69) is 20.4 Å². The molecule has 0 atom stereocenters. The number of amides is 1. The maximum atomic E-state index is 12.2. The number of aromatic amines is 1. The highest BCUT2D eigenvalue weighted by atomic mass is 35.5. The van der Waals surface area contributed by atoms with Crippen molar-refractivity contribution in [3.8, 4) is 11.3 Å². The predicted octanol–water partition coefficient (Wildman–Crippen LogP) is 2.65. The molecular weight excluding hydrogens is 312 g/mol. The molecule has 6 heteroatoms. The largest absolute Gasteiger partial charge is 0.356 e. The minimum absolute atomic E-state index is 0.0171. The molecule has 0 unspecified atom stereocenters. The second-order valence-corrected chi connectivity index (χ2v) is 6.30. The number of H-pyrrole nitrogens is 1. The van der Waals surface area contributed by atoms with Crippen LogP contribution in [0.3, 0.4) is 0 Å². The number of halogens is 1. The van der Waals surface area contributed by atoms with E-state index in [4.69, 9.17) is 11.6 Å². The molecule has 1 aromatic heterocycles. The van der Waals surface area contributed by atoms with E-state index < -0.39 is 0 Å². The smallest absolute Gasteiger partial charge is 0.224 e. The number of benzene rings is 1. The summed E-state index contributed by atoms with van der Waals surface area (Å²) in [5.41, 5.74) is 3.60. The number of nitrogens with one attached hydrogen (secondary N) is 2. The van der Waals surface area contributed by atoms with Gasteiger partial charge in [0.2, 0.25) is 5.91 Å². The summed E-state index contributed by atoms with van der Waals surface area (Å²) in [6.45, 7) is 3.58. The summed E-state index contributed by atoms with van der Waals surface area (Å²) in [4.78, 5) is 14.3. The van der Waals surface area contributed by atoms with Gasteiger partial charge in [-0.15, -0.1) is 0 Å². The highest BCUT2D eigenvalue weighted by Crippen LogP contribution is 2.25. The minimum Gasteiger partial charge on any atom is -0.356 e. The van der Waals surface area contributed by atoms with Gasteiger partial charge in [0.15, 0.2) is 0 Å². The number of carbonyl (C=O) groups is 1. The molecule has 1 amide bonds. The lowest BCUT2D eigenvalue weighted by Gasteiger charge is -2.10. The molecule has 0 aliphatic carbocycles. The Bertz CT molecular complexity index is 649. The molecule has 0 spiro atoms. The Balaban J connectivity index is 2.01. The molecule has 0 fully saturated rings. The Morgan fingerprint density at radius 3 is 2.65 bits per heavy atom. The van der Waals surface area contributed by atoms with Gasteiger partial charge in [0.1, 0.15) is 0 Å². The lowest BCUT2D eigenvalue weighted by atomic mass is 10.0. The number of carbonyl (C=O) groups excluding carboxylic acids is 1. The van der Waals surface area contributed by atoms with Crippen LogP contribution in [0.5, 0.6) is 0 Å². The quantitative estimate of drug-likeness (QED) is 0.765. The molecule has 2 N–H and O–H groups in total. The number of hydrogen-bond acceptors (Lipinski definition) is 3. The third-order valence-electron chi connectivity index (χ3n) is 3.63. The van der Waals surface area contributed by atoms with Crippen LogP contribution in [0.15, 0.2) is 24.3 Å². The van der Waals surface area contributed by atoms with Crippen LogP contribution in [0, 0.1) is 6.92 Å².